The summed E-state index contributed by atoms with van der Waals surface area (Å²) in [5.41, 5.74) is 0.723. The molecule has 1 rings (SSSR count). The van der Waals surface area contributed by atoms with Gasteiger partial charge in [-0.2, -0.15) is 0 Å². The molecule has 0 aliphatic carbocycles. The van der Waals surface area contributed by atoms with Crippen LogP contribution in [0.4, 0.5) is 11.4 Å². The molecule has 1 aromatic rings. The van der Waals surface area contributed by atoms with Crippen molar-refractivity contribution in [3.63, 3.8) is 0 Å². The Morgan fingerprint density at radius 2 is 2.29 bits per heavy atom. The topological polar surface area (TPSA) is 64.4 Å². The molecule has 90 valence electrons. The monoisotopic (exact) mass is 234 g/mol. The van der Waals surface area contributed by atoms with Crippen LogP contribution in [0, 0.1) is 22.0 Å². The van der Waals surface area contributed by atoms with Crippen LogP contribution in [-0.4, -0.2) is 18.1 Å². The van der Waals surface area contributed by atoms with Crippen molar-refractivity contribution in [3.05, 3.63) is 28.3 Å². The van der Waals surface area contributed by atoms with Gasteiger partial charge in [-0.25, -0.2) is 0 Å². The molecule has 0 heterocycles. The molecule has 17 heavy (non-hydrogen) atoms. The molecule has 0 aromatic heterocycles. The number of anilines is 1. The van der Waals surface area contributed by atoms with E-state index in [-0.39, 0.29) is 11.4 Å². The Morgan fingerprint density at radius 3 is 2.88 bits per heavy atom. The number of hydrogen-bond acceptors (Lipinski definition) is 4. The second kappa shape index (κ2) is 6.38. The summed E-state index contributed by atoms with van der Waals surface area (Å²) >= 11 is 0. The van der Waals surface area contributed by atoms with Gasteiger partial charge in [-0.05, 0) is 19.9 Å². The summed E-state index contributed by atoms with van der Waals surface area (Å²) in [6, 6.07) is 4.67. The van der Waals surface area contributed by atoms with Crippen LogP contribution in [-0.2, 0) is 0 Å². The molecule has 0 saturated heterocycles. The Hall–Kier alpha value is -2.22. The summed E-state index contributed by atoms with van der Waals surface area (Å²) in [6.45, 7) is 4.43. The van der Waals surface area contributed by atoms with Crippen molar-refractivity contribution in [2.75, 3.05) is 18.5 Å². The molecule has 0 radical (unpaired) electrons. The van der Waals surface area contributed by atoms with Crippen LogP contribution in [0.25, 0.3) is 0 Å². The van der Waals surface area contributed by atoms with E-state index >= 15 is 0 Å². The standard InChI is InChI=1S/C12H14N2O3/c1-3-5-8-13-10-6-7-11(14(15)16)12(9-10)17-4-2/h6-7,9,13H,4,8H2,1-2H3. The molecule has 5 nitrogen and oxygen atoms in total. The first-order chi connectivity index (χ1) is 8.19. The van der Waals surface area contributed by atoms with E-state index in [1.165, 1.54) is 6.07 Å². The molecule has 0 aliphatic rings. The van der Waals surface area contributed by atoms with Crippen LogP contribution >= 0.6 is 0 Å². The summed E-state index contributed by atoms with van der Waals surface area (Å²) in [5, 5.41) is 13.8. The van der Waals surface area contributed by atoms with Gasteiger partial charge in [0.05, 0.1) is 18.1 Å². The molecule has 0 saturated carbocycles. The van der Waals surface area contributed by atoms with Gasteiger partial charge in [-0.1, -0.05) is 5.92 Å². The minimum Gasteiger partial charge on any atom is -0.487 e. The lowest BCUT2D eigenvalue weighted by molar-refractivity contribution is -0.385. The first kappa shape index (κ1) is 12.8. The zero-order chi connectivity index (χ0) is 12.7. The second-order valence-corrected chi connectivity index (χ2v) is 3.15. The molecule has 5 heteroatoms. The molecule has 0 spiro atoms. The molecule has 1 aromatic carbocycles. The van der Waals surface area contributed by atoms with E-state index in [9.17, 15) is 10.1 Å². The van der Waals surface area contributed by atoms with Crippen LogP contribution in [0.3, 0.4) is 0 Å². The van der Waals surface area contributed by atoms with Crippen LogP contribution < -0.4 is 10.1 Å². The van der Waals surface area contributed by atoms with Gasteiger partial charge in [0.25, 0.3) is 0 Å². The molecule has 0 bridgehead atoms. The number of benzene rings is 1. The van der Waals surface area contributed by atoms with Gasteiger partial charge < -0.3 is 10.1 Å². The molecule has 0 aliphatic heterocycles. The number of nitrogens with zero attached hydrogens (tertiary/aromatic N) is 1. The Morgan fingerprint density at radius 1 is 1.53 bits per heavy atom. The lowest BCUT2D eigenvalue weighted by Gasteiger charge is -2.07. The Balaban J connectivity index is 2.91. The summed E-state index contributed by atoms with van der Waals surface area (Å²) in [7, 11) is 0. The summed E-state index contributed by atoms with van der Waals surface area (Å²) in [4.78, 5) is 10.3. The van der Waals surface area contributed by atoms with Gasteiger partial charge in [0.1, 0.15) is 0 Å². The Labute approximate surface area is 99.9 Å². The average molecular weight is 234 g/mol. The minimum atomic E-state index is -0.458. The highest BCUT2D eigenvalue weighted by Gasteiger charge is 2.14. The summed E-state index contributed by atoms with van der Waals surface area (Å²) in [6.07, 6.45) is 0. The van der Waals surface area contributed by atoms with Gasteiger partial charge in [0, 0.05) is 17.8 Å². The van der Waals surface area contributed by atoms with E-state index in [0.29, 0.717) is 13.2 Å². The van der Waals surface area contributed by atoms with Crippen LogP contribution in [0.1, 0.15) is 13.8 Å². The quantitative estimate of drug-likeness (QED) is 0.482. The molecular formula is C12H14N2O3. The fourth-order valence-electron chi connectivity index (χ4n) is 1.28. The van der Waals surface area contributed by atoms with E-state index in [4.69, 9.17) is 4.74 Å². The third-order valence-corrected chi connectivity index (χ3v) is 2.01. The fraction of sp³-hybridized carbons (Fsp3) is 0.333. The van der Waals surface area contributed by atoms with E-state index in [2.05, 4.69) is 17.2 Å². The Bertz CT molecular complexity index is 461. The fourth-order valence-corrected chi connectivity index (χ4v) is 1.28. The normalized spacial score (nSPS) is 9.06. The predicted octanol–water partition coefficient (Wildman–Crippen LogP) is 2.43. The third-order valence-electron chi connectivity index (χ3n) is 2.01. The van der Waals surface area contributed by atoms with Gasteiger partial charge in [-0.15, -0.1) is 5.92 Å². The maximum atomic E-state index is 10.8. The SMILES string of the molecule is CC#CCNc1ccc([N+](=O)[O-])c(OCC)c1. The van der Waals surface area contributed by atoms with Crippen molar-refractivity contribution in [2.24, 2.45) is 0 Å². The molecular weight excluding hydrogens is 220 g/mol. The van der Waals surface area contributed by atoms with E-state index < -0.39 is 4.92 Å². The van der Waals surface area contributed by atoms with Crippen molar-refractivity contribution in [2.45, 2.75) is 13.8 Å². The number of nitro benzene ring substituents is 1. The first-order valence-electron chi connectivity index (χ1n) is 5.23. The molecule has 0 fully saturated rings. The zero-order valence-electron chi connectivity index (χ0n) is 9.82. The van der Waals surface area contributed by atoms with Gasteiger partial charge in [-0.3, -0.25) is 10.1 Å². The molecule has 0 atom stereocenters. The zero-order valence-corrected chi connectivity index (χ0v) is 9.82. The highest BCUT2D eigenvalue weighted by Crippen LogP contribution is 2.29. The third kappa shape index (κ3) is 3.68. The van der Waals surface area contributed by atoms with E-state index in [1.54, 1.807) is 26.0 Å². The number of nitrogens with one attached hydrogen (secondary N) is 1. The smallest absolute Gasteiger partial charge is 0.311 e. The van der Waals surface area contributed by atoms with Gasteiger partial charge >= 0.3 is 5.69 Å². The summed E-state index contributed by atoms with van der Waals surface area (Å²) < 4.78 is 5.23. The molecule has 0 amide bonds. The van der Waals surface area contributed by atoms with E-state index in [0.717, 1.165) is 5.69 Å². The summed E-state index contributed by atoms with van der Waals surface area (Å²) in [5.74, 6) is 5.88. The van der Waals surface area contributed by atoms with Crippen molar-refractivity contribution in [3.8, 4) is 17.6 Å². The van der Waals surface area contributed by atoms with Crippen molar-refractivity contribution >= 4 is 11.4 Å². The van der Waals surface area contributed by atoms with Crippen LogP contribution in [0.2, 0.25) is 0 Å². The van der Waals surface area contributed by atoms with Gasteiger partial charge in [0.2, 0.25) is 0 Å². The van der Waals surface area contributed by atoms with E-state index in [1.807, 2.05) is 0 Å². The predicted molar refractivity (Wildman–Crippen MR) is 66.2 cm³/mol. The largest absolute Gasteiger partial charge is 0.487 e. The first-order valence-corrected chi connectivity index (χ1v) is 5.23. The van der Waals surface area contributed by atoms with Crippen LogP contribution in [0.15, 0.2) is 18.2 Å². The van der Waals surface area contributed by atoms with Crippen LogP contribution in [0.5, 0.6) is 5.75 Å². The maximum Gasteiger partial charge on any atom is 0.311 e. The number of ether oxygens (including phenoxy) is 1. The maximum absolute atomic E-state index is 10.8. The lowest BCUT2D eigenvalue weighted by atomic mass is 10.2. The second-order valence-electron chi connectivity index (χ2n) is 3.15. The number of hydrogen-bond donors (Lipinski definition) is 1. The Kier molecular flexibility index (Phi) is 4.82. The highest BCUT2D eigenvalue weighted by atomic mass is 16.6. The molecule has 0 unspecified atom stereocenters. The number of rotatable bonds is 5. The molecule has 1 N–H and O–H groups in total. The average Bonchev–Trinajstić information content (AvgIpc) is 2.30. The van der Waals surface area contributed by atoms with Crippen molar-refractivity contribution in [1.29, 1.82) is 0 Å². The highest BCUT2D eigenvalue weighted by molar-refractivity contribution is 5.58. The minimum absolute atomic E-state index is 0.0287. The van der Waals surface area contributed by atoms with Crippen molar-refractivity contribution < 1.29 is 9.66 Å². The lowest BCUT2D eigenvalue weighted by Crippen LogP contribution is -2.01. The van der Waals surface area contributed by atoms with Crippen molar-refractivity contribution in [1.82, 2.24) is 0 Å². The van der Waals surface area contributed by atoms with Gasteiger partial charge in [0.15, 0.2) is 5.75 Å². The number of nitro groups is 1.